The van der Waals surface area contributed by atoms with E-state index in [1.54, 1.807) is 0 Å². The van der Waals surface area contributed by atoms with Crippen molar-refractivity contribution in [2.24, 2.45) is 11.7 Å². The SMILES string of the molecule is NC(=O)CCCC[C@@](O)(c1ccccc1-c1ccccc1)[C@@H]1CCCNC1. The zero-order valence-corrected chi connectivity index (χ0v) is 15.9. The predicted octanol–water partition coefficient (Wildman–Crippen LogP) is 3.59. The molecule has 0 bridgehead atoms. The maximum atomic E-state index is 12.0. The molecular weight excluding hydrogens is 336 g/mol. The van der Waals surface area contributed by atoms with Crippen LogP contribution in [0.4, 0.5) is 0 Å². The summed E-state index contributed by atoms with van der Waals surface area (Å²) in [5.74, 6) is -0.118. The highest BCUT2D eigenvalue weighted by Gasteiger charge is 2.39. The van der Waals surface area contributed by atoms with Crippen LogP contribution in [-0.2, 0) is 10.4 Å². The van der Waals surface area contributed by atoms with Crippen LogP contribution in [0.3, 0.4) is 0 Å². The largest absolute Gasteiger partial charge is 0.385 e. The van der Waals surface area contributed by atoms with Gasteiger partial charge in [-0.25, -0.2) is 0 Å². The van der Waals surface area contributed by atoms with E-state index in [2.05, 4.69) is 29.6 Å². The first-order valence-electron chi connectivity index (χ1n) is 9.97. The van der Waals surface area contributed by atoms with Gasteiger partial charge in [0.1, 0.15) is 0 Å². The summed E-state index contributed by atoms with van der Waals surface area (Å²) in [6.45, 7) is 1.82. The highest BCUT2D eigenvalue weighted by atomic mass is 16.3. The monoisotopic (exact) mass is 366 g/mol. The van der Waals surface area contributed by atoms with Crippen molar-refractivity contribution in [2.75, 3.05) is 13.1 Å². The maximum absolute atomic E-state index is 12.0. The van der Waals surface area contributed by atoms with Crippen molar-refractivity contribution < 1.29 is 9.90 Å². The van der Waals surface area contributed by atoms with Crippen LogP contribution in [0.15, 0.2) is 54.6 Å². The number of carbonyl (C=O) groups is 1. The number of nitrogens with one attached hydrogen (secondary N) is 1. The zero-order valence-electron chi connectivity index (χ0n) is 15.9. The summed E-state index contributed by atoms with van der Waals surface area (Å²) in [5.41, 5.74) is 7.56. The van der Waals surface area contributed by atoms with Gasteiger partial charge in [-0.1, -0.05) is 54.6 Å². The Hall–Kier alpha value is -2.17. The second-order valence-electron chi connectivity index (χ2n) is 7.55. The Bertz CT molecular complexity index is 741. The Morgan fingerprint density at radius 3 is 2.56 bits per heavy atom. The molecule has 0 radical (unpaired) electrons. The van der Waals surface area contributed by atoms with Crippen molar-refractivity contribution in [2.45, 2.75) is 44.1 Å². The molecule has 3 rings (SSSR count). The normalized spacial score (nSPS) is 19.4. The lowest BCUT2D eigenvalue weighted by atomic mass is 9.72. The minimum atomic E-state index is -0.919. The quantitative estimate of drug-likeness (QED) is 0.625. The Labute approximate surface area is 161 Å². The van der Waals surface area contributed by atoms with E-state index in [4.69, 9.17) is 5.73 Å². The van der Waals surface area contributed by atoms with Crippen LogP contribution in [0.1, 0.15) is 44.1 Å². The van der Waals surface area contributed by atoms with E-state index in [1.165, 1.54) is 0 Å². The molecule has 1 saturated heterocycles. The number of aliphatic hydroxyl groups is 1. The fourth-order valence-electron chi connectivity index (χ4n) is 4.24. The molecule has 1 aliphatic heterocycles. The number of amides is 1. The second kappa shape index (κ2) is 9.16. The number of carbonyl (C=O) groups excluding carboxylic acids is 1. The lowest BCUT2D eigenvalue weighted by Crippen LogP contribution is -2.44. The van der Waals surface area contributed by atoms with E-state index in [9.17, 15) is 9.90 Å². The van der Waals surface area contributed by atoms with Crippen LogP contribution in [0, 0.1) is 5.92 Å². The van der Waals surface area contributed by atoms with Gasteiger partial charge in [-0.15, -0.1) is 0 Å². The maximum Gasteiger partial charge on any atom is 0.217 e. The molecule has 27 heavy (non-hydrogen) atoms. The van der Waals surface area contributed by atoms with Crippen molar-refractivity contribution in [1.29, 1.82) is 0 Å². The highest BCUT2D eigenvalue weighted by molar-refractivity contribution is 5.73. The molecule has 1 aliphatic rings. The average Bonchev–Trinajstić information content (AvgIpc) is 2.72. The summed E-state index contributed by atoms with van der Waals surface area (Å²) in [4.78, 5) is 11.1. The van der Waals surface area contributed by atoms with Gasteiger partial charge in [0.05, 0.1) is 5.60 Å². The number of primary amides is 1. The van der Waals surface area contributed by atoms with E-state index >= 15 is 0 Å². The molecule has 2 atom stereocenters. The summed E-state index contributed by atoms with van der Waals surface area (Å²) >= 11 is 0. The molecule has 1 amide bonds. The molecule has 4 heteroatoms. The molecule has 4 nitrogen and oxygen atoms in total. The van der Waals surface area contributed by atoms with E-state index in [-0.39, 0.29) is 11.8 Å². The van der Waals surface area contributed by atoms with Gasteiger partial charge in [-0.05, 0) is 55.3 Å². The Morgan fingerprint density at radius 2 is 1.85 bits per heavy atom. The standard InChI is InChI=1S/C23H30N2O2/c24-22(26)14-6-7-15-23(27,19-11-8-16-25-17-19)21-13-5-4-12-20(21)18-9-2-1-3-10-18/h1-5,9-10,12-13,19,25,27H,6-8,11,14-17H2,(H2,24,26)/t19-,23+/m1/s1. The van der Waals surface area contributed by atoms with Crippen LogP contribution in [0.25, 0.3) is 11.1 Å². The van der Waals surface area contributed by atoms with Gasteiger partial charge in [0.15, 0.2) is 0 Å². The van der Waals surface area contributed by atoms with Crippen molar-refractivity contribution in [3.05, 3.63) is 60.2 Å². The fraction of sp³-hybridized carbons (Fsp3) is 0.435. The van der Waals surface area contributed by atoms with E-state index in [1.807, 2.05) is 30.3 Å². The number of unbranched alkanes of at least 4 members (excludes halogenated alkanes) is 1. The minimum Gasteiger partial charge on any atom is -0.385 e. The first-order chi connectivity index (χ1) is 13.1. The molecule has 0 aliphatic carbocycles. The molecule has 0 unspecified atom stereocenters. The number of rotatable bonds is 8. The number of hydrogen-bond acceptors (Lipinski definition) is 3. The Morgan fingerprint density at radius 1 is 1.11 bits per heavy atom. The Balaban J connectivity index is 1.94. The molecule has 1 heterocycles. The van der Waals surface area contributed by atoms with Crippen LogP contribution in [-0.4, -0.2) is 24.1 Å². The van der Waals surface area contributed by atoms with Gasteiger partial charge in [-0.3, -0.25) is 4.79 Å². The molecule has 0 spiro atoms. The topological polar surface area (TPSA) is 75.4 Å². The molecule has 4 N–H and O–H groups in total. The van der Waals surface area contributed by atoms with Gasteiger partial charge in [0, 0.05) is 18.9 Å². The van der Waals surface area contributed by atoms with Crippen molar-refractivity contribution >= 4 is 5.91 Å². The zero-order chi connectivity index (χ0) is 19.1. The fourth-order valence-corrected chi connectivity index (χ4v) is 4.24. The van der Waals surface area contributed by atoms with Crippen molar-refractivity contribution in [3.63, 3.8) is 0 Å². The van der Waals surface area contributed by atoms with E-state index in [0.717, 1.165) is 49.0 Å². The molecule has 0 aromatic heterocycles. The number of hydrogen-bond donors (Lipinski definition) is 3. The third-order valence-corrected chi connectivity index (χ3v) is 5.68. The second-order valence-corrected chi connectivity index (χ2v) is 7.55. The number of nitrogens with two attached hydrogens (primary N) is 1. The number of piperidine rings is 1. The summed E-state index contributed by atoms with van der Waals surface area (Å²) < 4.78 is 0. The summed E-state index contributed by atoms with van der Waals surface area (Å²) in [5, 5.41) is 15.4. The van der Waals surface area contributed by atoms with Gasteiger partial charge >= 0.3 is 0 Å². The first-order valence-corrected chi connectivity index (χ1v) is 9.97. The Kier molecular flexibility index (Phi) is 6.64. The molecule has 1 fully saturated rings. The summed E-state index contributed by atoms with van der Waals surface area (Å²) in [6.07, 6.45) is 4.57. The number of benzene rings is 2. The van der Waals surface area contributed by atoms with Crippen molar-refractivity contribution in [3.8, 4) is 11.1 Å². The summed E-state index contributed by atoms with van der Waals surface area (Å²) in [7, 11) is 0. The predicted molar refractivity (Wildman–Crippen MR) is 109 cm³/mol. The first kappa shape index (κ1) is 19.6. The average molecular weight is 367 g/mol. The van der Waals surface area contributed by atoms with Crippen LogP contribution in [0.2, 0.25) is 0 Å². The van der Waals surface area contributed by atoms with Gasteiger partial charge in [0.2, 0.25) is 5.91 Å². The van der Waals surface area contributed by atoms with Gasteiger partial charge in [0.25, 0.3) is 0 Å². The minimum absolute atomic E-state index is 0.157. The summed E-state index contributed by atoms with van der Waals surface area (Å²) in [6, 6.07) is 18.4. The molecule has 0 saturated carbocycles. The molecule has 144 valence electrons. The van der Waals surface area contributed by atoms with E-state index < -0.39 is 5.60 Å². The van der Waals surface area contributed by atoms with Gasteiger partial charge in [-0.2, -0.15) is 0 Å². The molecule has 2 aromatic carbocycles. The molecular formula is C23H30N2O2. The third kappa shape index (κ3) is 4.76. The van der Waals surface area contributed by atoms with E-state index in [0.29, 0.717) is 19.3 Å². The molecule has 2 aromatic rings. The van der Waals surface area contributed by atoms with Crippen LogP contribution < -0.4 is 11.1 Å². The van der Waals surface area contributed by atoms with Crippen molar-refractivity contribution in [1.82, 2.24) is 5.32 Å². The lowest BCUT2D eigenvalue weighted by molar-refractivity contribution is -0.118. The van der Waals surface area contributed by atoms with Crippen LogP contribution >= 0.6 is 0 Å². The lowest BCUT2D eigenvalue weighted by Gasteiger charge is -2.40. The highest BCUT2D eigenvalue weighted by Crippen LogP contribution is 2.42. The van der Waals surface area contributed by atoms with Gasteiger partial charge < -0.3 is 16.2 Å². The van der Waals surface area contributed by atoms with Crippen LogP contribution in [0.5, 0.6) is 0 Å². The smallest absolute Gasteiger partial charge is 0.217 e. The third-order valence-electron chi connectivity index (χ3n) is 5.68.